The smallest absolute Gasteiger partial charge is 0.264 e. The first-order valence-corrected chi connectivity index (χ1v) is 15.3. The SMILES string of the molecule is CCCNC(=O)[C@@H](C)N(Cc1ccc(Cl)cc1Cl)C(=O)CN(c1ccc(Cl)cc1C)S(=O)(=O)c1ccc(C)cc1. The molecule has 0 aliphatic rings. The third-order valence-electron chi connectivity index (χ3n) is 6.39. The van der Waals surface area contributed by atoms with Gasteiger partial charge in [0.1, 0.15) is 12.6 Å². The standard InChI is InChI=1S/C29H32Cl3N3O4S/c1-5-14-33-29(37)21(4)34(17-22-8-9-24(31)16-26(22)32)28(36)18-35(27-13-10-23(30)15-20(27)3)40(38,39)25-11-6-19(2)7-12-25/h6-13,15-16,21H,5,14,17-18H2,1-4H3,(H,33,37)/t21-/m1/s1. The van der Waals surface area contributed by atoms with Crippen LogP contribution >= 0.6 is 34.8 Å². The molecule has 0 spiro atoms. The molecule has 0 saturated carbocycles. The van der Waals surface area contributed by atoms with Crippen molar-refractivity contribution >= 4 is 62.3 Å². The molecule has 0 fully saturated rings. The molecular formula is C29H32Cl3N3O4S. The van der Waals surface area contributed by atoms with E-state index in [1.165, 1.54) is 17.0 Å². The Kier molecular flexibility index (Phi) is 10.9. The lowest BCUT2D eigenvalue weighted by atomic mass is 10.1. The van der Waals surface area contributed by atoms with Crippen LogP contribution in [0.3, 0.4) is 0 Å². The molecule has 3 rings (SSSR count). The van der Waals surface area contributed by atoms with Gasteiger partial charge in [-0.15, -0.1) is 0 Å². The first-order valence-electron chi connectivity index (χ1n) is 12.7. The number of halogens is 3. The van der Waals surface area contributed by atoms with E-state index in [0.29, 0.717) is 44.8 Å². The molecule has 7 nitrogen and oxygen atoms in total. The maximum absolute atomic E-state index is 14.0. The van der Waals surface area contributed by atoms with Gasteiger partial charge in [-0.2, -0.15) is 0 Å². The van der Waals surface area contributed by atoms with Crippen molar-refractivity contribution in [2.24, 2.45) is 0 Å². The fraction of sp³-hybridized carbons (Fsp3) is 0.310. The summed E-state index contributed by atoms with van der Waals surface area (Å²) in [6.07, 6.45) is 0.716. The average Bonchev–Trinajstić information content (AvgIpc) is 2.90. The maximum atomic E-state index is 14.0. The van der Waals surface area contributed by atoms with E-state index in [1.54, 1.807) is 62.4 Å². The Labute approximate surface area is 251 Å². The molecule has 0 aliphatic carbocycles. The van der Waals surface area contributed by atoms with Crippen LogP contribution in [0.15, 0.2) is 65.6 Å². The first-order chi connectivity index (χ1) is 18.8. The zero-order valence-corrected chi connectivity index (χ0v) is 25.8. The maximum Gasteiger partial charge on any atom is 0.264 e. The lowest BCUT2D eigenvalue weighted by molar-refractivity contribution is -0.139. The summed E-state index contributed by atoms with van der Waals surface area (Å²) in [7, 11) is -4.18. The molecule has 1 atom stereocenters. The summed E-state index contributed by atoms with van der Waals surface area (Å²) in [6, 6.07) is 15.1. The van der Waals surface area contributed by atoms with E-state index in [2.05, 4.69) is 5.32 Å². The van der Waals surface area contributed by atoms with E-state index in [0.717, 1.165) is 9.87 Å². The number of rotatable bonds is 11. The summed E-state index contributed by atoms with van der Waals surface area (Å²) in [6.45, 7) is 6.93. The van der Waals surface area contributed by atoms with Crippen LogP contribution < -0.4 is 9.62 Å². The highest BCUT2D eigenvalue weighted by molar-refractivity contribution is 7.92. The molecule has 11 heteroatoms. The van der Waals surface area contributed by atoms with Gasteiger partial charge < -0.3 is 10.2 Å². The van der Waals surface area contributed by atoms with Gasteiger partial charge in [-0.05, 0) is 80.8 Å². The predicted octanol–water partition coefficient (Wildman–Crippen LogP) is 6.40. The van der Waals surface area contributed by atoms with Crippen molar-refractivity contribution in [3.63, 3.8) is 0 Å². The normalized spacial score (nSPS) is 12.1. The number of hydrogen-bond donors (Lipinski definition) is 1. The number of anilines is 1. The molecule has 0 aliphatic heterocycles. The molecule has 40 heavy (non-hydrogen) atoms. The van der Waals surface area contributed by atoms with E-state index in [9.17, 15) is 18.0 Å². The van der Waals surface area contributed by atoms with Crippen molar-refractivity contribution in [1.29, 1.82) is 0 Å². The number of carbonyl (C=O) groups excluding carboxylic acids is 2. The molecule has 0 bridgehead atoms. The molecule has 0 unspecified atom stereocenters. The number of sulfonamides is 1. The predicted molar refractivity (Wildman–Crippen MR) is 162 cm³/mol. The van der Waals surface area contributed by atoms with E-state index in [1.807, 2.05) is 13.8 Å². The van der Waals surface area contributed by atoms with Crippen LogP contribution in [-0.2, 0) is 26.2 Å². The second-order valence-electron chi connectivity index (χ2n) is 9.48. The van der Waals surface area contributed by atoms with Gasteiger partial charge >= 0.3 is 0 Å². The van der Waals surface area contributed by atoms with Crippen LogP contribution in [0.25, 0.3) is 0 Å². The highest BCUT2D eigenvalue weighted by atomic mass is 35.5. The van der Waals surface area contributed by atoms with E-state index in [-0.39, 0.29) is 17.3 Å². The van der Waals surface area contributed by atoms with Crippen LogP contribution in [0.5, 0.6) is 0 Å². The van der Waals surface area contributed by atoms with Crippen molar-refractivity contribution in [3.8, 4) is 0 Å². The Bertz CT molecular complexity index is 1480. The zero-order chi connectivity index (χ0) is 29.6. The lowest BCUT2D eigenvalue weighted by Crippen LogP contribution is -2.51. The Morgan fingerprint density at radius 1 is 0.925 bits per heavy atom. The first kappa shape index (κ1) is 31.7. The van der Waals surface area contributed by atoms with Gasteiger partial charge in [0.05, 0.1) is 10.6 Å². The summed E-state index contributed by atoms with van der Waals surface area (Å²) in [5.74, 6) is -0.953. The summed E-state index contributed by atoms with van der Waals surface area (Å²) >= 11 is 18.6. The van der Waals surface area contributed by atoms with Gasteiger partial charge in [0.25, 0.3) is 10.0 Å². The molecule has 1 N–H and O–H groups in total. The Balaban J connectivity index is 2.07. The number of amides is 2. The van der Waals surface area contributed by atoms with Gasteiger partial charge in [-0.1, -0.05) is 65.5 Å². The van der Waals surface area contributed by atoms with Gasteiger partial charge in [0.15, 0.2) is 0 Å². The van der Waals surface area contributed by atoms with Crippen LogP contribution in [0.2, 0.25) is 15.1 Å². The van der Waals surface area contributed by atoms with Gasteiger partial charge in [-0.25, -0.2) is 8.42 Å². The molecule has 0 radical (unpaired) electrons. The average molecular weight is 625 g/mol. The minimum atomic E-state index is -4.18. The van der Waals surface area contributed by atoms with E-state index >= 15 is 0 Å². The molecule has 3 aromatic carbocycles. The second kappa shape index (κ2) is 13.7. The van der Waals surface area contributed by atoms with E-state index in [4.69, 9.17) is 34.8 Å². The zero-order valence-electron chi connectivity index (χ0n) is 22.7. The fourth-order valence-electron chi connectivity index (χ4n) is 4.06. The second-order valence-corrected chi connectivity index (χ2v) is 12.6. The Hall–Kier alpha value is -2.78. The summed E-state index contributed by atoms with van der Waals surface area (Å²) < 4.78 is 28.9. The highest BCUT2D eigenvalue weighted by Crippen LogP contribution is 2.30. The van der Waals surface area contributed by atoms with Gasteiger partial charge in [0, 0.05) is 28.2 Å². The number of hydrogen-bond acceptors (Lipinski definition) is 4. The number of nitrogens with zero attached hydrogens (tertiary/aromatic N) is 2. The third-order valence-corrected chi connectivity index (χ3v) is 8.98. The van der Waals surface area contributed by atoms with Gasteiger partial charge in [-0.3, -0.25) is 13.9 Å². The summed E-state index contributed by atoms with van der Waals surface area (Å²) in [5.41, 5.74) is 2.32. The quantitative estimate of drug-likeness (QED) is 0.267. The highest BCUT2D eigenvalue weighted by Gasteiger charge is 2.33. The van der Waals surface area contributed by atoms with Gasteiger partial charge in [0.2, 0.25) is 11.8 Å². The molecule has 2 amide bonds. The van der Waals surface area contributed by atoms with Crippen LogP contribution in [-0.4, -0.2) is 44.3 Å². The van der Waals surface area contributed by atoms with Crippen LogP contribution in [0, 0.1) is 13.8 Å². The number of benzene rings is 3. The molecular weight excluding hydrogens is 593 g/mol. The lowest BCUT2D eigenvalue weighted by Gasteiger charge is -2.32. The molecule has 0 aromatic heterocycles. The van der Waals surface area contributed by atoms with Crippen molar-refractivity contribution in [2.75, 3.05) is 17.4 Å². The molecule has 214 valence electrons. The molecule has 0 saturated heterocycles. The number of nitrogens with one attached hydrogen (secondary N) is 1. The largest absolute Gasteiger partial charge is 0.354 e. The van der Waals surface area contributed by atoms with Crippen LogP contribution in [0.1, 0.15) is 37.0 Å². The number of carbonyl (C=O) groups is 2. The minimum absolute atomic E-state index is 0.0290. The van der Waals surface area contributed by atoms with Crippen molar-refractivity contribution in [3.05, 3.63) is 92.4 Å². The fourth-order valence-corrected chi connectivity index (χ4v) is 6.24. The molecule has 3 aromatic rings. The van der Waals surface area contributed by atoms with Crippen molar-refractivity contribution in [2.45, 2.75) is 51.6 Å². The molecule has 0 heterocycles. The Morgan fingerprint density at radius 3 is 2.15 bits per heavy atom. The third kappa shape index (κ3) is 7.69. The van der Waals surface area contributed by atoms with Crippen molar-refractivity contribution < 1.29 is 18.0 Å². The monoisotopic (exact) mass is 623 g/mol. The topological polar surface area (TPSA) is 86.8 Å². The Morgan fingerprint density at radius 2 is 1.55 bits per heavy atom. The minimum Gasteiger partial charge on any atom is -0.354 e. The van der Waals surface area contributed by atoms with Crippen LogP contribution in [0.4, 0.5) is 5.69 Å². The summed E-state index contributed by atoms with van der Waals surface area (Å²) in [4.78, 5) is 28.3. The van der Waals surface area contributed by atoms with Crippen molar-refractivity contribution in [1.82, 2.24) is 10.2 Å². The van der Waals surface area contributed by atoms with E-state index < -0.39 is 28.5 Å². The number of aryl methyl sites for hydroxylation is 2. The summed E-state index contributed by atoms with van der Waals surface area (Å²) in [5, 5.41) is 3.98.